The van der Waals surface area contributed by atoms with Gasteiger partial charge in [-0.1, -0.05) is 26.8 Å². The van der Waals surface area contributed by atoms with Crippen molar-refractivity contribution in [3.63, 3.8) is 0 Å². The summed E-state index contributed by atoms with van der Waals surface area (Å²) < 4.78 is 0. The molecule has 2 nitrogen and oxygen atoms in total. The van der Waals surface area contributed by atoms with Crippen LogP contribution >= 0.6 is 0 Å². The molecule has 0 aliphatic carbocycles. The van der Waals surface area contributed by atoms with Crippen LogP contribution in [0, 0.1) is 6.92 Å². The smallest absolute Gasteiger partial charge is 0.119 e. The summed E-state index contributed by atoms with van der Waals surface area (Å²) in [7, 11) is 1.96. The van der Waals surface area contributed by atoms with Crippen LogP contribution in [-0.4, -0.2) is 18.7 Å². The minimum atomic E-state index is -0.00776. The van der Waals surface area contributed by atoms with Gasteiger partial charge in [-0.3, -0.25) is 0 Å². The summed E-state index contributed by atoms with van der Waals surface area (Å²) in [6.07, 6.45) is 1.01. The summed E-state index contributed by atoms with van der Waals surface area (Å²) in [6, 6.07) is 4.02. The van der Waals surface area contributed by atoms with E-state index in [4.69, 9.17) is 0 Å². The van der Waals surface area contributed by atoms with E-state index in [9.17, 15) is 5.11 Å². The summed E-state index contributed by atoms with van der Waals surface area (Å²) >= 11 is 0. The summed E-state index contributed by atoms with van der Waals surface area (Å²) in [5, 5.41) is 13.1. The molecule has 0 unspecified atom stereocenters. The molecule has 0 aliphatic heterocycles. The molecule has 0 saturated heterocycles. The Hall–Kier alpha value is -1.02. The molecular formula is C14H23NO. The molecule has 0 atom stereocenters. The lowest BCUT2D eigenvalue weighted by atomic mass is 9.84. The molecule has 0 amide bonds. The molecule has 16 heavy (non-hydrogen) atoms. The van der Waals surface area contributed by atoms with E-state index in [0.717, 1.165) is 18.5 Å². The molecule has 90 valence electrons. The van der Waals surface area contributed by atoms with Gasteiger partial charge >= 0.3 is 0 Å². The topological polar surface area (TPSA) is 32.3 Å². The summed E-state index contributed by atoms with van der Waals surface area (Å²) in [5.74, 6) is 0.415. The third-order valence-corrected chi connectivity index (χ3v) is 2.91. The quantitative estimate of drug-likeness (QED) is 0.822. The van der Waals surface area contributed by atoms with Crippen LogP contribution in [0.1, 0.15) is 37.5 Å². The molecule has 2 heteroatoms. The summed E-state index contributed by atoms with van der Waals surface area (Å²) in [4.78, 5) is 0. The summed E-state index contributed by atoms with van der Waals surface area (Å²) in [6.45, 7) is 9.39. The number of phenols is 1. The average molecular weight is 221 g/mol. The molecule has 0 bridgehead atoms. The van der Waals surface area contributed by atoms with E-state index < -0.39 is 0 Å². The number of aromatic hydroxyl groups is 1. The normalized spacial score (nSPS) is 11.8. The minimum Gasteiger partial charge on any atom is -0.508 e. The van der Waals surface area contributed by atoms with Crippen LogP contribution in [0.3, 0.4) is 0 Å². The van der Waals surface area contributed by atoms with E-state index in [-0.39, 0.29) is 5.41 Å². The van der Waals surface area contributed by atoms with E-state index >= 15 is 0 Å². The van der Waals surface area contributed by atoms with Crippen molar-refractivity contribution in [1.82, 2.24) is 5.32 Å². The highest BCUT2D eigenvalue weighted by molar-refractivity contribution is 5.44. The van der Waals surface area contributed by atoms with Gasteiger partial charge < -0.3 is 10.4 Å². The molecule has 1 aromatic carbocycles. The first-order valence-electron chi connectivity index (χ1n) is 5.84. The Kier molecular flexibility index (Phi) is 3.98. The Balaban J connectivity index is 3.11. The zero-order valence-corrected chi connectivity index (χ0v) is 11.0. The third-order valence-electron chi connectivity index (χ3n) is 2.91. The van der Waals surface area contributed by atoms with E-state index in [0.29, 0.717) is 5.75 Å². The van der Waals surface area contributed by atoms with Crippen LogP contribution in [0.4, 0.5) is 0 Å². The van der Waals surface area contributed by atoms with Gasteiger partial charge in [0.25, 0.3) is 0 Å². The van der Waals surface area contributed by atoms with Crippen LogP contribution in [0.25, 0.3) is 0 Å². The molecule has 0 heterocycles. The average Bonchev–Trinajstić information content (AvgIpc) is 2.14. The third kappa shape index (κ3) is 2.99. The van der Waals surface area contributed by atoms with Crippen molar-refractivity contribution in [3.05, 3.63) is 28.8 Å². The van der Waals surface area contributed by atoms with Crippen molar-refractivity contribution >= 4 is 0 Å². The number of likely N-dealkylation sites (N-methyl/N-ethyl adjacent to an activating group) is 1. The molecule has 0 spiro atoms. The van der Waals surface area contributed by atoms with Crippen molar-refractivity contribution in [3.8, 4) is 5.75 Å². The van der Waals surface area contributed by atoms with E-state index in [1.807, 2.05) is 13.1 Å². The maximum absolute atomic E-state index is 9.96. The lowest BCUT2D eigenvalue weighted by Crippen LogP contribution is -2.14. The zero-order valence-electron chi connectivity index (χ0n) is 11.0. The van der Waals surface area contributed by atoms with Gasteiger partial charge in [0.2, 0.25) is 0 Å². The standard InChI is InChI=1S/C14H23NO/c1-10-8-13(16)12(14(2,3)4)9-11(10)6-7-15-5/h8-9,15-16H,6-7H2,1-5H3. The van der Waals surface area contributed by atoms with Crippen molar-refractivity contribution in [2.45, 2.75) is 39.5 Å². The van der Waals surface area contributed by atoms with E-state index in [2.05, 4.69) is 39.1 Å². The highest BCUT2D eigenvalue weighted by Crippen LogP contribution is 2.32. The second-order valence-corrected chi connectivity index (χ2v) is 5.40. The first-order valence-corrected chi connectivity index (χ1v) is 5.84. The van der Waals surface area contributed by atoms with Gasteiger partial charge in [0, 0.05) is 0 Å². The fraction of sp³-hybridized carbons (Fsp3) is 0.571. The van der Waals surface area contributed by atoms with E-state index in [1.165, 1.54) is 11.1 Å². The lowest BCUT2D eigenvalue weighted by Gasteiger charge is -2.22. The largest absolute Gasteiger partial charge is 0.508 e. The predicted octanol–water partition coefficient (Wildman–Crippen LogP) is 2.76. The SMILES string of the molecule is CNCCc1cc(C(C)(C)C)c(O)cc1C. The Morgan fingerprint density at radius 1 is 1.25 bits per heavy atom. The highest BCUT2D eigenvalue weighted by atomic mass is 16.3. The Labute approximate surface area is 98.7 Å². The lowest BCUT2D eigenvalue weighted by molar-refractivity contribution is 0.445. The van der Waals surface area contributed by atoms with Gasteiger partial charge in [0.1, 0.15) is 5.75 Å². The predicted molar refractivity (Wildman–Crippen MR) is 69.2 cm³/mol. The Morgan fingerprint density at radius 3 is 2.38 bits per heavy atom. The fourth-order valence-corrected chi connectivity index (χ4v) is 1.87. The zero-order chi connectivity index (χ0) is 12.3. The number of hydrogen-bond donors (Lipinski definition) is 2. The van der Waals surface area contributed by atoms with Gasteiger partial charge in [-0.15, -0.1) is 0 Å². The molecule has 2 N–H and O–H groups in total. The van der Waals surface area contributed by atoms with Crippen molar-refractivity contribution in [1.29, 1.82) is 0 Å². The number of hydrogen-bond acceptors (Lipinski definition) is 2. The number of rotatable bonds is 3. The first kappa shape index (κ1) is 13.0. The summed E-state index contributed by atoms with van der Waals surface area (Å²) in [5.41, 5.74) is 3.51. The number of benzene rings is 1. The van der Waals surface area contributed by atoms with Gasteiger partial charge in [0.15, 0.2) is 0 Å². The second kappa shape index (κ2) is 4.88. The Morgan fingerprint density at radius 2 is 1.88 bits per heavy atom. The van der Waals surface area contributed by atoms with Gasteiger partial charge in [-0.05, 0) is 55.1 Å². The number of nitrogens with one attached hydrogen (secondary N) is 1. The van der Waals surface area contributed by atoms with Crippen LogP contribution < -0.4 is 5.32 Å². The molecule has 1 aromatic rings. The van der Waals surface area contributed by atoms with Crippen LogP contribution in [0.5, 0.6) is 5.75 Å². The monoisotopic (exact) mass is 221 g/mol. The minimum absolute atomic E-state index is 0.00776. The highest BCUT2D eigenvalue weighted by Gasteiger charge is 2.19. The van der Waals surface area contributed by atoms with Crippen LogP contribution in [0.15, 0.2) is 12.1 Å². The van der Waals surface area contributed by atoms with Crippen molar-refractivity contribution < 1.29 is 5.11 Å². The first-order chi connectivity index (χ1) is 7.36. The fourth-order valence-electron chi connectivity index (χ4n) is 1.87. The van der Waals surface area contributed by atoms with Crippen LogP contribution in [0.2, 0.25) is 0 Å². The van der Waals surface area contributed by atoms with Crippen molar-refractivity contribution in [2.75, 3.05) is 13.6 Å². The maximum Gasteiger partial charge on any atom is 0.119 e. The second-order valence-electron chi connectivity index (χ2n) is 5.40. The molecular weight excluding hydrogens is 198 g/mol. The molecule has 0 fully saturated rings. The van der Waals surface area contributed by atoms with Gasteiger partial charge in [-0.25, -0.2) is 0 Å². The Bertz CT molecular complexity index is 364. The van der Waals surface area contributed by atoms with Gasteiger partial charge in [-0.2, -0.15) is 0 Å². The van der Waals surface area contributed by atoms with Crippen LogP contribution in [-0.2, 0) is 11.8 Å². The molecule has 0 aliphatic rings. The molecule has 0 aromatic heterocycles. The van der Waals surface area contributed by atoms with Crippen molar-refractivity contribution in [2.24, 2.45) is 0 Å². The molecule has 1 rings (SSSR count). The number of aryl methyl sites for hydroxylation is 1. The maximum atomic E-state index is 9.96. The van der Waals surface area contributed by atoms with Gasteiger partial charge in [0.05, 0.1) is 0 Å². The number of phenolic OH excluding ortho intramolecular Hbond substituents is 1. The molecule has 0 saturated carbocycles. The molecule has 0 radical (unpaired) electrons. The van der Waals surface area contributed by atoms with E-state index in [1.54, 1.807) is 0 Å².